The molecule has 11 nitrogen and oxygen atoms in total. The topological polar surface area (TPSA) is 150 Å². The number of aliphatic hydroxyl groups excluding tert-OH is 4. The van der Waals surface area contributed by atoms with Gasteiger partial charge in [0.25, 0.3) is 0 Å². The fraction of sp³-hybridized carbons (Fsp3) is 0.966. The lowest BCUT2D eigenvalue weighted by Gasteiger charge is -2.44. The lowest BCUT2D eigenvalue weighted by Crippen LogP contribution is -2.64. The summed E-state index contributed by atoms with van der Waals surface area (Å²) in [7, 11) is 0. The second kappa shape index (κ2) is 21.8. The van der Waals surface area contributed by atoms with Gasteiger partial charge in [-0.1, -0.05) is 51.9 Å². The number of carbonyl (C=O) groups is 1. The molecule has 0 spiro atoms. The Kier molecular flexibility index (Phi) is 19.2. The summed E-state index contributed by atoms with van der Waals surface area (Å²) in [5.74, 6) is -0.149. The molecule has 0 aliphatic carbocycles. The van der Waals surface area contributed by atoms with Crippen molar-refractivity contribution in [2.75, 3.05) is 72.1 Å². The third kappa shape index (κ3) is 13.4. The van der Waals surface area contributed by atoms with Crippen molar-refractivity contribution >= 4 is 5.91 Å². The van der Waals surface area contributed by atoms with Gasteiger partial charge in [-0.25, -0.2) is 0 Å². The molecular formula is C29H59N5O6. The standard InChI is InChI=1S/C29H59N5O6/c1-2-3-4-5-6-7-8-9-20-34(29-28(39)27(38)26(37)24(23-35)40-29)25(36)12-21-33-19-11-15-31-17-16-30-13-10-14-32-18-22-33/h24,26-32,35,37-39H,2-23H2,1H3/t24-,26-,27+,28-,29-/m1/s1. The van der Waals surface area contributed by atoms with Crippen LogP contribution in [0.5, 0.6) is 0 Å². The monoisotopic (exact) mass is 573 g/mol. The minimum absolute atomic E-state index is 0.149. The van der Waals surface area contributed by atoms with Crippen molar-refractivity contribution in [1.82, 2.24) is 25.8 Å². The Balaban J connectivity index is 1.96. The lowest BCUT2D eigenvalue weighted by molar-refractivity contribution is -0.262. The van der Waals surface area contributed by atoms with Crippen molar-refractivity contribution in [1.29, 1.82) is 0 Å². The summed E-state index contributed by atoms with van der Waals surface area (Å²) in [6.45, 7) is 10.1. The summed E-state index contributed by atoms with van der Waals surface area (Å²) < 4.78 is 5.80. The van der Waals surface area contributed by atoms with E-state index >= 15 is 0 Å². The average Bonchev–Trinajstić information content (AvgIpc) is 2.96. The summed E-state index contributed by atoms with van der Waals surface area (Å²) in [5, 5.41) is 51.5. The average molecular weight is 574 g/mol. The maximum atomic E-state index is 13.6. The fourth-order valence-electron chi connectivity index (χ4n) is 5.44. The van der Waals surface area contributed by atoms with Crippen LogP contribution >= 0.6 is 0 Å². The van der Waals surface area contributed by atoms with Gasteiger partial charge in [-0.15, -0.1) is 0 Å². The summed E-state index contributed by atoms with van der Waals surface area (Å²) >= 11 is 0. The molecule has 0 saturated carbocycles. The minimum atomic E-state index is -1.50. The molecule has 2 saturated heterocycles. The molecule has 0 bridgehead atoms. The smallest absolute Gasteiger partial charge is 0.225 e. The van der Waals surface area contributed by atoms with Gasteiger partial charge in [0.2, 0.25) is 5.91 Å². The van der Waals surface area contributed by atoms with Crippen molar-refractivity contribution < 1.29 is 30.0 Å². The Bertz CT molecular complexity index is 632. The van der Waals surface area contributed by atoms with E-state index in [0.29, 0.717) is 13.1 Å². The van der Waals surface area contributed by atoms with Crippen molar-refractivity contribution in [3.05, 3.63) is 0 Å². The van der Waals surface area contributed by atoms with Crippen LogP contribution in [-0.2, 0) is 9.53 Å². The highest BCUT2D eigenvalue weighted by atomic mass is 16.6. The number of hydrogen-bond donors (Lipinski definition) is 7. The van der Waals surface area contributed by atoms with Crippen LogP contribution in [0.4, 0.5) is 0 Å². The molecule has 0 unspecified atom stereocenters. The van der Waals surface area contributed by atoms with Gasteiger partial charge >= 0.3 is 0 Å². The second-order valence-electron chi connectivity index (χ2n) is 11.3. The summed E-state index contributed by atoms with van der Waals surface area (Å²) in [5.41, 5.74) is 0. The van der Waals surface area contributed by atoms with E-state index in [9.17, 15) is 25.2 Å². The third-order valence-corrected chi connectivity index (χ3v) is 8.01. The van der Waals surface area contributed by atoms with Gasteiger partial charge in [0.1, 0.15) is 24.4 Å². The first-order valence-electron chi connectivity index (χ1n) is 15.9. The predicted octanol–water partition coefficient (Wildman–Crippen LogP) is 0.0103. The van der Waals surface area contributed by atoms with E-state index in [-0.39, 0.29) is 12.3 Å². The van der Waals surface area contributed by atoms with Crippen LogP contribution in [0.25, 0.3) is 0 Å². The highest BCUT2D eigenvalue weighted by molar-refractivity contribution is 5.76. The SMILES string of the molecule is CCCCCCCCCCN(C(=O)CCN1CCCNCCNCCCNCC1)[C@@H]1O[C@H](CO)[C@@H](O)[C@H](O)[C@H]1O. The molecule has 2 heterocycles. The molecule has 5 atom stereocenters. The first-order valence-corrected chi connectivity index (χ1v) is 15.9. The van der Waals surface area contributed by atoms with Crippen LogP contribution < -0.4 is 16.0 Å². The van der Waals surface area contributed by atoms with Gasteiger partial charge in [0.05, 0.1) is 6.61 Å². The first kappa shape index (κ1) is 35.3. The molecule has 0 aromatic rings. The number of hydrogen-bond acceptors (Lipinski definition) is 10. The van der Waals surface area contributed by atoms with Crippen molar-refractivity contribution in [2.45, 2.75) is 108 Å². The Morgan fingerprint density at radius 2 is 1.43 bits per heavy atom. The van der Waals surface area contributed by atoms with Gasteiger partial charge < -0.3 is 50.9 Å². The maximum absolute atomic E-state index is 13.6. The van der Waals surface area contributed by atoms with Gasteiger partial charge in [0, 0.05) is 45.7 Å². The predicted molar refractivity (Wildman–Crippen MR) is 157 cm³/mol. The molecule has 0 aromatic carbocycles. The third-order valence-electron chi connectivity index (χ3n) is 8.01. The number of unbranched alkanes of at least 4 members (excludes halogenated alkanes) is 7. The molecule has 2 fully saturated rings. The van der Waals surface area contributed by atoms with Crippen LogP contribution in [-0.4, -0.2) is 139 Å². The first-order chi connectivity index (χ1) is 19.5. The Hall–Kier alpha value is -0.890. The Morgan fingerprint density at radius 3 is 2.10 bits per heavy atom. The Morgan fingerprint density at radius 1 is 0.800 bits per heavy atom. The van der Waals surface area contributed by atoms with Gasteiger partial charge in [0.15, 0.2) is 6.23 Å². The van der Waals surface area contributed by atoms with Crippen LogP contribution in [0.2, 0.25) is 0 Å². The van der Waals surface area contributed by atoms with Crippen molar-refractivity contribution in [3.8, 4) is 0 Å². The van der Waals surface area contributed by atoms with Gasteiger partial charge in [-0.2, -0.15) is 0 Å². The molecule has 40 heavy (non-hydrogen) atoms. The number of nitrogens with one attached hydrogen (secondary N) is 3. The molecule has 7 N–H and O–H groups in total. The van der Waals surface area contributed by atoms with Crippen LogP contribution in [0.3, 0.4) is 0 Å². The number of ether oxygens (including phenoxy) is 1. The zero-order chi connectivity index (χ0) is 29.0. The van der Waals surface area contributed by atoms with E-state index < -0.39 is 37.3 Å². The van der Waals surface area contributed by atoms with E-state index in [0.717, 1.165) is 84.5 Å². The normalized spacial score (nSPS) is 28.2. The number of amides is 1. The summed E-state index contributed by atoms with van der Waals surface area (Å²) in [6, 6.07) is 0. The fourth-order valence-corrected chi connectivity index (χ4v) is 5.44. The lowest BCUT2D eigenvalue weighted by atomic mass is 9.97. The number of aliphatic hydroxyl groups is 4. The second-order valence-corrected chi connectivity index (χ2v) is 11.3. The van der Waals surface area contributed by atoms with E-state index in [4.69, 9.17) is 4.74 Å². The molecular weight excluding hydrogens is 514 g/mol. The number of carbonyl (C=O) groups excluding carboxylic acids is 1. The van der Waals surface area contributed by atoms with Gasteiger partial charge in [-0.3, -0.25) is 4.79 Å². The largest absolute Gasteiger partial charge is 0.394 e. The molecule has 2 rings (SSSR count). The maximum Gasteiger partial charge on any atom is 0.225 e. The highest BCUT2D eigenvalue weighted by Crippen LogP contribution is 2.25. The molecule has 236 valence electrons. The van der Waals surface area contributed by atoms with Crippen molar-refractivity contribution in [3.63, 3.8) is 0 Å². The molecule has 2 aliphatic heterocycles. The van der Waals surface area contributed by atoms with E-state index in [1.54, 1.807) is 0 Å². The van der Waals surface area contributed by atoms with Crippen LogP contribution in [0.1, 0.15) is 77.6 Å². The molecule has 11 heteroatoms. The number of nitrogens with zero attached hydrogens (tertiary/aromatic N) is 2. The van der Waals surface area contributed by atoms with Crippen LogP contribution in [0, 0.1) is 0 Å². The van der Waals surface area contributed by atoms with Gasteiger partial charge in [-0.05, 0) is 45.4 Å². The minimum Gasteiger partial charge on any atom is -0.394 e. The zero-order valence-electron chi connectivity index (χ0n) is 24.9. The van der Waals surface area contributed by atoms with Crippen LogP contribution in [0.15, 0.2) is 0 Å². The van der Waals surface area contributed by atoms with E-state index in [2.05, 4.69) is 27.8 Å². The number of rotatable bonds is 14. The van der Waals surface area contributed by atoms with E-state index in [1.165, 1.54) is 37.0 Å². The quantitative estimate of drug-likeness (QED) is 0.142. The molecule has 0 aromatic heterocycles. The highest BCUT2D eigenvalue weighted by Gasteiger charge is 2.46. The Labute approximate surface area is 242 Å². The van der Waals surface area contributed by atoms with Crippen molar-refractivity contribution in [2.24, 2.45) is 0 Å². The zero-order valence-corrected chi connectivity index (χ0v) is 24.9. The summed E-state index contributed by atoms with van der Waals surface area (Å²) in [6.07, 6.45) is 4.76. The molecule has 2 aliphatic rings. The van der Waals surface area contributed by atoms with E-state index in [1.807, 2.05) is 0 Å². The summed E-state index contributed by atoms with van der Waals surface area (Å²) in [4.78, 5) is 17.4. The molecule has 0 radical (unpaired) electrons. The molecule has 1 amide bonds.